The quantitative estimate of drug-likeness (QED) is 0.154. The van der Waals surface area contributed by atoms with Crippen LogP contribution >= 0.6 is 0 Å². The van der Waals surface area contributed by atoms with Gasteiger partial charge in [0.05, 0.1) is 28.1 Å². The number of para-hydroxylation sites is 1. The normalized spacial score (nSPS) is 14.8. The van der Waals surface area contributed by atoms with Crippen molar-refractivity contribution in [3.05, 3.63) is 131 Å². The van der Waals surface area contributed by atoms with Gasteiger partial charge < -0.3 is 14.4 Å². The van der Waals surface area contributed by atoms with Gasteiger partial charge in [-0.3, -0.25) is 0 Å². The minimum absolute atomic E-state index is 0.00585. The minimum Gasteiger partial charge on any atom is -0.311 e. The maximum atomic E-state index is 2.69. The van der Waals surface area contributed by atoms with E-state index in [0.29, 0.717) is 0 Å². The van der Waals surface area contributed by atoms with Crippen LogP contribution in [0, 0.1) is 0 Å². The van der Waals surface area contributed by atoms with Crippen molar-refractivity contribution in [2.75, 3.05) is 9.80 Å². The Kier molecular flexibility index (Phi) is 7.93. The van der Waals surface area contributed by atoms with Crippen molar-refractivity contribution in [1.82, 2.24) is 4.57 Å². The molecule has 0 bridgehead atoms. The van der Waals surface area contributed by atoms with E-state index in [1.54, 1.807) is 0 Å². The zero-order valence-electron chi connectivity index (χ0n) is 38.7. The third kappa shape index (κ3) is 5.61. The van der Waals surface area contributed by atoms with Crippen LogP contribution in [0.5, 0.6) is 0 Å². The summed E-state index contributed by atoms with van der Waals surface area (Å²) < 4.78 is 2.60. The Balaban J connectivity index is 1.37. The summed E-state index contributed by atoms with van der Waals surface area (Å²) in [5.74, 6) is 0. The summed E-state index contributed by atoms with van der Waals surface area (Å²) >= 11 is 0. The van der Waals surface area contributed by atoms with Gasteiger partial charge in [0.1, 0.15) is 0 Å². The highest BCUT2D eigenvalue weighted by molar-refractivity contribution is 7.00. The van der Waals surface area contributed by atoms with Crippen LogP contribution in [0.15, 0.2) is 103 Å². The van der Waals surface area contributed by atoms with E-state index in [1.807, 2.05) is 0 Å². The van der Waals surface area contributed by atoms with Gasteiger partial charge in [0.15, 0.2) is 0 Å². The largest absolute Gasteiger partial charge is 0.311 e. The van der Waals surface area contributed by atoms with Crippen LogP contribution in [0.2, 0.25) is 0 Å². The van der Waals surface area contributed by atoms with Crippen LogP contribution in [0.3, 0.4) is 0 Å². The maximum Gasteiger partial charge on any atom is 0.252 e. The van der Waals surface area contributed by atoms with E-state index in [0.717, 1.165) is 0 Å². The first-order chi connectivity index (χ1) is 27.9. The summed E-state index contributed by atoms with van der Waals surface area (Å²) in [6.07, 6.45) is 0. The van der Waals surface area contributed by atoms with E-state index in [1.165, 1.54) is 106 Å². The highest BCUT2D eigenvalue weighted by Gasteiger charge is 2.47. The average molecular weight is 788 g/mol. The second-order valence-corrected chi connectivity index (χ2v) is 23.3. The lowest BCUT2D eigenvalue weighted by Gasteiger charge is -2.47. The molecule has 60 heavy (non-hydrogen) atoms. The summed E-state index contributed by atoms with van der Waals surface area (Å²) in [7, 11) is 0. The molecule has 0 saturated carbocycles. The van der Waals surface area contributed by atoms with E-state index >= 15 is 0 Å². The molecule has 3 aliphatic heterocycles. The zero-order valence-corrected chi connectivity index (χ0v) is 38.7. The van der Waals surface area contributed by atoms with Crippen LogP contribution in [-0.4, -0.2) is 11.3 Å². The van der Waals surface area contributed by atoms with Crippen LogP contribution in [-0.2, 0) is 27.1 Å². The molecule has 0 saturated heterocycles. The van der Waals surface area contributed by atoms with E-state index < -0.39 is 0 Å². The summed E-state index contributed by atoms with van der Waals surface area (Å²) in [5.41, 5.74) is 22.3. The molecular formula is C56H62BN3. The first kappa shape index (κ1) is 39.0. The molecule has 304 valence electrons. The molecule has 0 fully saturated rings. The van der Waals surface area contributed by atoms with Gasteiger partial charge in [0.2, 0.25) is 0 Å². The molecule has 0 aliphatic carbocycles. The number of benzene rings is 6. The Hall–Kier alpha value is -5.22. The molecule has 4 heterocycles. The van der Waals surface area contributed by atoms with Crippen molar-refractivity contribution in [2.45, 2.75) is 131 Å². The van der Waals surface area contributed by atoms with Crippen LogP contribution in [0.1, 0.15) is 132 Å². The SMILES string of the molecule is CC(C)(C)c1ccc(N2c3ccc(C(C)(C)C)cc3B3c4cccc5c4N(c4cc(C(C)(C)C)cc2c43)c2cc(C(C)(C)C)cc3c4cc(C(C)(C)C)ccc4n-5c23)cc1. The zero-order chi connectivity index (χ0) is 42.8. The average Bonchev–Trinajstić information content (AvgIpc) is 3.49. The molecule has 0 unspecified atom stereocenters. The first-order valence-corrected chi connectivity index (χ1v) is 22.2. The van der Waals surface area contributed by atoms with E-state index in [4.69, 9.17) is 0 Å². The molecule has 1 aromatic heterocycles. The summed E-state index contributed by atoms with van der Waals surface area (Å²) in [6.45, 7) is 35.2. The molecule has 0 radical (unpaired) electrons. The van der Waals surface area contributed by atoms with Crippen LogP contribution < -0.4 is 26.2 Å². The number of hydrogen-bond acceptors (Lipinski definition) is 2. The van der Waals surface area contributed by atoms with Crippen molar-refractivity contribution >= 4 is 79.0 Å². The third-order valence-electron chi connectivity index (χ3n) is 13.8. The fourth-order valence-electron chi connectivity index (χ4n) is 10.2. The molecule has 0 amide bonds. The Morgan fingerprint density at radius 3 is 1.52 bits per heavy atom. The summed E-state index contributed by atoms with van der Waals surface area (Å²) in [4.78, 5) is 5.28. The van der Waals surface area contributed by atoms with Gasteiger partial charge in [-0.2, -0.15) is 0 Å². The standard InChI is InChI=1S/C56H62BN3/c1-52(2,3)33-19-23-38(24-20-33)58-44-26-22-35(54(7,8)9)29-42(44)57-41-17-16-18-45-51(41)60(47-31-37(56(13,14)15)30-46(58)49(47)57)48-32-36(55(10,11)12)28-40-39-27-34(53(4,5)6)21-25-43(39)59(45)50(40)48/h16-32H,1-15H3. The second-order valence-electron chi connectivity index (χ2n) is 23.3. The first-order valence-electron chi connectivity index (χ1n) is 22.2. The van der Waals surface area contributed by atoms with Gasteiger partial charge in [0, 0.05) is 33.5 Å². The van der Waals surface area contributed by atoms with Crippen molar-refractivity contribution < 1.29 is 0 Å². The number of fused-ring (bicyclic) bond motifs is 9. The number of hydrogen-bond donors (Lipinski definition) is 0. The van der Waals surface area contributed by atoms with Crippen molar-refractivity contribution in [3.8, 4) is 5.69 Å². The molecular weight excluding hydrogens is 725 g/mol. The van der Waals surface area contributed by atoms with E-state index in [9.17, 15) is 0 Å². The highest BCUT2D eigenvalue weighted by Crippen LogP contribution is 2.54. The summed E-state index contributed by atoms with van der Waals surface area (Å²) in [6, 6.07) is 41.2. The lowest BCUT2D eigenvalue weighted by molar-refractivity contribution is 0.589. The van der Waals surface area contributed by atoms with Gasteiger partial charge in [0.25, 0.3) is 6.71 Å². The Morgan fingerprint density at radius 2 is 0.900 bits per heavy atom. The third-order valence-corrected chi connectivity index (χ3v) is 13.8. The van der Waals surface area contributed by atoms with E-state index in [2.05, 4.69) is 221 Å². The Labute approximate surface area is 359 Å². The van der Waals surface area contributed by atoms with Crippen molar-refractivity contribution in [1.29, 1.82) is 0 Å². The van der Waals surface area contributed by atoms with Crippen molar-refractivity contribution in [3.63, 3.8) is 0 Å². The van der Waals surface area contributed by atoms with E-state index in [-0.39, 0.29) is 33.8 Å². The smallest absolute Gasteiger partial charge is 0.252 e. The van der Waals surface area contributed by atoms with Gasteiger partial charge >= 0.3 is 0 Å². The molecule has 3 nitrogen and oxygen atoms in total. The highest BCUT2D eigenvalue weighted by atomic mass is 15.2. The molecule has 0 atom stereocenters. The maximum absolute atomic E-state index is 2.69. The number of anilines is 6. The van der Waals surface area contributed by atoms with Gasteiger partial charge in [-0.1, -0.05) is 146 Å². The van der Waals surface area contributed by atoms with Gasteiger partial charge in [-0.15, -0.1) is 0 Å². The number of nitrogens with zero attached hydrogens (tertiary/aromatic N) is 3. The number of aromatic nitrogens is 1. The predicted octanol–water partition coefficient (Wildman–Crippen LogP) is 13.7. The Bertz CT molecular complexity index is 2940. The topological polar surface area (TPSA) is 11.4 Å². The lowest BCUT2D eigenvalue weighted by atomic mass is 9.33. The minimum atomic E-state index is -0.0877. The van der Waals surface area contributed by atoms with Crippen LogP contribution in [0.25, 0.3) is 27.5 Å². The second kappa shape index (κ2) is 12.2. The molecule has 10 rings (SSSR count). The molecule has 6 aromatic carbocycles. The molecule has 4 heteroatoms. The predicted molar refractivity (Wildman–Crippen MR) is 262 cm³/mol. The monoisotopic (exact) mass is 788 g/mol. The fraction of sp³-hybridized carbons (Fsp3) is 0.357. The van der Waals surface area contributed by atoms with Crippen molar-refractivity contribution in [2.24, 2.45) is 0 Å². The Morgan fingerprint density at radius 1 is 0.383 bits per heavy atom. The molecule has 3 aliphatic rings. The van der Waals surface area contributed by atoms with Gasteiger partial charge in [-0.05, 0) is 132 Å². The summed E-state index contributed by atoms with van der Waals surface area (Å²) in [5, 5.41) is 2.66. The molecule has 0 N–H and O–H groups in total. The van der Waals surface area contributed by atoms with Gasteiger partial charge in [-0.25, -0.2) is 0 Å². The fourth-order valence-corrected chi connectivity index (χ4v) is 10.2. The lowest BCUT2D eigenvalue weighted by Crippen LogP contribution is -2.62. The number of rotatable bonds is 1. The van der Waals surface area contributed by atoms with Crippen LogP contribution in [0.4, 0.5) is 34.1 Å². The molecule has 7 aromatic rings. The molecule has 0 spiro atoms.